The van der Waals surface area contributed by atoms with Crippen molar-refractivity contribution in [1.82, 2.24) is 0 Å². The second-order valence-corrected chi connectivity index (χ2v) is 6.53. The number of benzene rings is 2. The maximum absolute atomic E-state index is 12.1. The molecule has 128 valence electrons. The molecule has 0 atom stereocenters. The third kappa shape index (κ3) is 5.16. The van der Waals surface area contributed by atoms with E-state index in [1.807, 2.05) is 31.2 Å². The molecule has 0 aliphatic rings. The normalized spacial score (nSPS) is 10.0. The number of rotatable bonds is 6. The number of hydrogen-bond donors (Lipinski definition) is 2. The van der Waals surface area contributed by atoms with Crippen molar-refractivity contribution in [2.75, 3.05) is 17.2 Å². The highest BCUT2D eigenvalue weighted by atomic mass is 79.9. The van der Waals surface area contributed by atoms with Gasteiger partial charge < -0.3 is 10.6 Å². The van der Waals surface area contributed by atoms with Gasteiger partial charge in [-0.05, 0) is 55.8 Å². The number of nitriles is 1. The molecule has 0 saturated heterocycles. The number of amides is 1. The summed E-state index contributed by atoms with van der Waals surface area (Å²) in [5.41, 5.74) is 3.27. The molecule has 0 aromatic heterocycles. The lowest BCUT2D eigenvalue weighted by atomic mass is 10.1. The summed E-state index contributed by atoms with van der Waals surface area (Å²) in [6, 6.07) is 12.5. The van der Waals surface area contributed by atoms with Crippen LogP contribution in [0.3, 0.4) is 0 Å². The lowest BCUT2D eigenvalue weighted by molar-refractivity contribution is -0.115. The van der Waals surface area contributed by atoms with E-state index < -0.39 is 0 Å². The van der Waals surface area contributed by atoms with Crippen molar-refractivity contribution in [3.8, 4) is 6.07 Å². The molecule has 2 rings (SSSR count). The minimum absolute atomic E-state index is 0.0954. The Labute approximate surface area is 155 Å². The summed E-state index contributed by atoms with van der Waals surface area (Å²) in [6.45, 7) is 3.75. The quantitative estimate of drug-likeness (QED) is 0.710. The van der Waals surface area contributed by atoms with Gasteiger partial charge in [0.15, 0.2) is 5.78 Å². The van der Waals surface area contributed by atoms with Crippen LogP contribution in [0.2, 0.25) is 0 Å². The van der Waals surface area contributed by atoms with Gasteiger partial charge in [-0.2, -0.15) is 5.26 Å². The first-order chi connectivity index (χ1) is 11.9. The molecule has 0 saturated carbocycles. The summed E-state index contributed by atoms with van der Waals surface area (Å²) < 4.78 is 0.957. The van der Waals surface area contributed by atoms with Gasteiger partial charge in [-0.3, -0.25) is 9.59 Å². The monoisotopic (exact) mass is 399 g/mol. The average molecular weight is 400 g/mol. The number of halogens is 1. The highest BCUT2D eigenvalue weighted by molar-refractivity contribution is 9.10. The summed E-state index contributed by atoms with van der Waals surface area (Å²) in [7, 11) is 0. The Hall–Kier alpha value is -2.65. The minimum atomic E-state index is -0.126. The van der Waals surface area contributed by atoms with Crippen LogP contribution in [0.5, 0.6) is 0 Å². The van der Waals surface area contributed by atoms with E-state index >= 15 is 0 Å². The van der Waals surface area contributed by atoms with E-state index in [1.165, 1.54) is 6.92 Å². The molecular formula is C19H18BrN3O2. The summed E-state index contributed by atoms with van der Waals surface area (Å²) in [6.07, 6.45) is 0.240. The number of anilines is 2. The lowest BCUT2D eigenvalue weighted by Gasteiger charge is -2.12. The van der Waals surface area contributed by atoms with Gasteiger partial charge in [-0.25, -0.2) is 0 Å². The number of ketones is 1. The van der Waals surface area contributed by atoms with Crippen molar-refractivity contribution in [2.45, 2.75) is 20.3 Å². The molecule has 0 heterocycles. The van der Waals surface area contributed by atoms with Crippen molar-refractivity contribution >= 4 is 39.0 Å². The second-order valence-electron chi connectivity index (χ2n) is 5.61. The van der Waals surface area contributed by atoms with E-state index in [1.54, 1.807) is 18.2 Å². The smallest absolute Gasteiger partial charge is 0.226 e. The molecule has 5 nitrogen and oxygen atoms in total. The maximum Gasteiger partial charge on any atom is 0.226 e. The lowest BCUT2D eigenvalue weighted by Crippen LogP contribution is -2.17. The average Bonchev–Trinajstić information content (AvgIpc) is 2.57. The molecule has 2 aromatic rings. The van der Waals surface area contributed by atoms with Crippen LogP contribution in [0, 0.1) is 18.3 Å². The first-order valence-corrected chi connectivity index (χ1v) is 8.55. The van der Waals surface area contributed by atoms with Crippen LogP contribution in [-0.2, 0) is 4.79 Å². The number of aryl methyl sites for hydroxylation is 1. The summed E-state index contributed by atoms with van der Waals surface area (Å²) in [5.74, 6) is -0.222. The van der Waals surface area contributed by atoms with E-state index in [9.17, 15) is 9.59 Å². The van der Waals surface area contributed by atoms with Crippen molar-refractivity contribution in [3.05, 3.63) is 57.6 Å². The van der Waals surface area contributed by atoms with E-state index in [-0.39, 0.29) is 18.1 Å². The minimum Gasteiger partial charge on any atom is -0.384 e. The van der Waals surface area contributed by atoms with Gasteiger partial charge in [-0.1, -0.05) is 15.9 Å². The van der Waals surface area contributed by atoms with Gasteiger partial charge in [-0.15, -0.1) is 0 Å². The zero-order chi connectivity index (χ0) is 18.4. The Bertz CT molecular complexity index is 856. The molecule has 0 aliphatic carbocycles. The first kappa shape index (κ1) is 18.7. The number of carbonyl (C=O) groups excluding carboxylic acids is 2. The topological polar surface area (TPSA) is 82.0 Å². The zero-order valence-corrected chi connectivity index (χ0v) is 15.6. The van der Waals surface area contributed by atoms with Gasteiger partial charge in [0.25, 0.3) is 0 Å². The van der Waals surface area contributed by atoms with Gasteiger partial charge in [0.1, 0.15) is 0 Å². The number of Topliss-reactive ketones (excluding diaryl/α,β-unsaturated/α-hetero) is 1. The molecule has 6 heteroatoms. The fourth-order valence-corrected chi connectivity index (χ4v) is 2.83. The Morgan fingerprint density at radius 3 is 2.56 bits per heavy atom. The second kappa shape index (κ2) is 8.45. The van der Waals surface area contributed by atoms with Crippen LogP contribution < -0.4 is 10.6 Å². The van der Waals surface area contributed by atoms with Crippen LogP contribution in [-0.4, -0.2) is 18.2 Å². The molecule has 2 N–H and O–H groups in total. The molecular weight excluding hydrogens is 382 g/mol. The highest BCUT2D eigenvalue weighted by Crippen LogP contribution is 2.21. The van der Waals surface area contributed by atoms with Gasteiger partial charge >= 0.3 is 0 Å². The van der Waals surface area contributed by atoms with Crippen LogP contribution in [0.25, 0.3) is 0 Å². The maximum atomic E-state index is 12.1. The number of nitrogens with zero attached hydrogens (tertiary/aromatic N) is 1. The first-order valence-electron chi connectivity index (χ1n) is 7.75. The highest BCUT2D eigenvalue weighted by Gasteiger charge is 2.10. The van der Waals surface area contributed by atoms with E-state index in [4.69, 9.17) is 5.26 Å². The molecule has 0 bridgehead atoms. The summed E-state index contributed by atoms with van der Waals surface area (Å²) in [5, 5.41) is 14.9. The third-order valence-electron chi connectivity index (χ3n) is 3.66. The number of carbonyl (C=O) groups is 2. The van der Waals surface area contributed by atoms with Gasteiger partial charge in [0.2, 0.25) is 5.91 Å². The predicted molar refractivity (Wildman–Crippen MR) is 102 cm³/mol. The predicted octanol–water partition coefficient (Wildman–Crippen LogP) is 4.27. The molecule has 1 amide bonds. The van der Waals surface area contributed by atoms with Crippen molar-refractivity contribution in [1.29, 1.82) is 5.26 Å². The van der Waals surface area contributed by atoms with Crippen LogP contribution in [0.15, 0.2) is 40.9 Å². The molecule has 0 radical (unpaired) electrons. The Kier molecular flexibility index (Phi) is 6.31. The van der Waals surface area contributed by atoms with Crippen LogP contribution in [0.1, 0.15) is 34.8 Å². The molecule has 0 unspecified atom stereocenters. The van der Waals surface area contributed by atoms with Crippen LogP contribution >= 0.6 is 15.9 Å². The van der Waals surface area contributed by atoms with Gasteiger partial charge in [0.05, 0.1) is 11.6 Å². The van der Waals surface area contributed by atoms with E-state index in [0.717, 1.165) is 15.7 Å². The number of hydrogen-bond acceptors (Lipinski definition) is 4. The largest absolute Gasteiger partial charge is 0.384 e. The summed E-state index contributed by atoms with van der Waals surface area (Å²) in [4.78, 5) is 23.8. The van der Waals surface area contributed by atoms with Crippen molar-refractivity contribution in [3.63, 3.8) is 0 Å². The molecule has 0 spiro atoms. The summed E-state index contributed by atoms with van der Waals surface area (Å²) >= 11 is 3.39. The molecule has 0 aliphatic heterocycles. The Balaban J connectivity index is 1.97. The Morgan fingerprint density at radius 2 is 1.92 bits per heavy atom. The Morgan fingerprint density at radius 1 is 1.16 bits per heavy atom. The van der Waals surface area contributed by atoms with Gasteiger partial charge in [0, 0.05) is 34.4 Å². The zero-order valence-electron chi connectivity index (χ0n) is 14.0. The molecule has 0 fully saturated rings. The standard InChI is InChI=1S/C19H18BrN3O2/c1-12-9-15(20)4-6-17(12)23-19(25)7-8-22-18-10-14(11-21)3-5-16(18)13(2)24/h3-6,9-10,22H,7-8H2,1-2H3,(H,23,25). The number of nitrogens with one attached hydrogen (secondary N) is 2. The third-order valence-corrected chi connectivity index (χ3v) is 4.15. The van der Waals surface area contributed by atoms with E-state index in [0.29, 0.717) is 23.4 Å². The van der Waals surface area contributed by atoms with E-state index in [2.05, 4.69) is 26.6 Å². The van der Waals surface area contributed by atoms with Crippen molar-refractivity contribution in [2.24, 2.45) is 0 Å². The fourth-order valence-electron chi connectivity index (χ4n) is 2.36. The SMILES string of the molecule is CC(=O)c1ccc(C#N)cc1NCCC(=O)Nc1ccc(Br)cc1C. The van der Waals surface area contributed by atoms with Crippen LogP contribution in [0.4, 0.5) is 11.4 Å². The van der Waals surface area contributed by atoms with Crippen molar-refractivity contribution < 1.29 is 9.59 Å². The molecule has 25 heavy (non-hydrogen) atoms. The fraction of sp³-hybridized carbons (Fsp3) is 0.211. The molecule has 2 aromatic carbocycles.